The van der Waals surface area contributed by atoms with E-state index in [2.05, 4.69) is 51.4 Å². The molecule has 4 nitrogen and oxygen atoms in total. The van der Waals surface area contributed by atoms with Crippen molar-refractivity contribution in [3.8, 4) is 0 Å². The van der Waals surface area contributed by atoms with E-state index in [1.807, 2.05) is 19.3 Å². The number of hydrogen-bond donors (Lipinski definition) is 1. The minimum atomic E-state index is 0.629. The van der Waals surface area contributed by atoms with Gasteiger partial charge in [0.15, 0.2) is 0 Å². The third kappa shape index (κ3) is 2.15. The van der Waals surface area contributed by atoms with Crippen LogP contribution in [0.25, 0.3) is 0 Å². The van der Waals surface area contributed by atoms with Crippen LogP contribution in [0, 0.1) is 6.92 Å². The standard InChI is InChI=1S/C18H20N4/c1-12-16(4-3-9-20-12)22-11-21-18(19-2)15-8-7-14(10-17(15)22)13-5-6-13/h3-4,7-10,13H,5-6,11H2,1-2H3,(H,19,21). The zero-order valence-corrected chi connectivity index (χ0v) is 13.0. The number of rotatable bonds is 2. The largest absolute Gasteiger partial charge is 0.373 e. The van der Waals surface area contributed by atoms with Crippen LogP contribution in [0.4, 0.5) is 11.4 Å². The van der Waals surface area contributed by atoms with Gasteiger partial charge in [0.25, 0.3) is 0 Å². The van der Waals surface area contributed by atoms with Crippen LogP contribution >= 0.6 is 0 Å². The minimum absolute atomic E-state index is 0.629. The fourth-order valence-corrected chi connectivity index (χ4v) is 3.13. The van der Waals surface area contributed by atoms with Gasteiger partial charge in [-0.25, -0.2) is 4.99 Å². The van der Waals surface area contributed by atoms with Crippen molar-refractivity contribution in [2.45, 2.75) is 25.7 Å². The second-order valence-electron chi connectivity index (χ2n) is 5.98. The number of amidine groups is 1. The van der Waals surface area contributed by atoms with Crippen molar-refractivity contribution in [2.24, 2.45) is 4.99 Å². The van der Waals surface area contributed by atoms with Gasteiger partial charge in [0, 0.05) is 18.8 Å². The van der Waals surface area contributed by atoms with E-state index in [0.717, 1.165) is 23.1 Å². The molecule has 0 atom stereocenters. The van der Waals surface area contributed by atoms with Crippen molar-refractivity contribution in [2.75, 3.05) is 18.6 Å². The molecule has 4 heteroatoms. The monoisotopic (exact) mass is 292 g/mol. The predicted octanol–water partition coefficient (Wildman–Crippen LogP) is 3.34. The zero-order valence-electron chi connectivity index (χ0n) is 13.0. The second kappa shape index (κ2) is 5.13. The van der Waals surface area contributed by atoms with Gasteiger partial charge in [-0.05, 0) is 55.5 Å². The van der Waals surface area contributed by atoms with Gasteiger partial charge in [-0.2, -0.15) is 0 Å². The van der Waals surface area contributed by atoms with Crippen molar-refractivity contribution >= 4 is 17.2 Å². The summed E-state index contributed by atoms with van der Waals surface area (Å²) in [6, 6.07) is 10.9. The van der Waals surface area contributed by atoms with Gasteiger partial charge in [0.05, 0.1) is 17.1 Å². The molecule has 1 aliphatic heterocycles. The SMILES string of the molecule is CNC1=NCN(c2cccnc2C)c2cc(C3CC3)ccc21. The average molecular weight is 292 g/mol. The van der Waals surface area contributed by atoms with Crippen LogP contribution in [-0.2, 0) is 0 Å². The van der Waals surface area contributed by atoms with Crippen LogP contribution < -0.4 is 10.2 Å². The Morgan fingerprint density at radius 2 is 2.05 bits per heavy atom. The number of nitrogens with zero attached hydrogens (tertiary/aromatic N) is 3. The molecule has 1 aliphatic carbocycles. The molecule has 2 heterocycles. The van der Waals surface area contributed by atoms with E-state index in [1.165, 1.54) is 29.7 Å². The molecule has 0 radical (unpaired) electrons. The van der Waals surface area contributed by atoms with E-state index >= 15 is 0 Å². The highest BCUT2D eigenvalue weighted by atomic mass is 15.2. The summed E-state index contributed by atoms with van der Waals surface area (Å²) >= 11 is 0. The molecule has 112 valence electrons. The number of aryl methyl sites for hydroxylation is 1. The second-order valence-corrected chi connectivity index (χ2v) is 5.98. The van der Waals surface area contributed by atoms with Gasteiger partial charge in [0.2, 0.25) is 0 Å². The summed E-state index contributed by atoms with van der Waals surface area (Å²) in [5.41, 5.74) is 6.02. The molecule has 0 saturated heterocycles. The summed E-state index contributed by atoms with van der Waals surface area (Å²) in [6.07, 6.45) is 4.47. The van der Waals surface area contributed by atoms with Crippen LogP contribution in [-0.4, -0.2) is 24.5 Å². The van der Waals surface area contributed by atoms with Gasteiger partial charge >= 0.3 is 0 Å². The summed E-state index contributed by atoms with van der Waals surface area (Å²) < 4.78 is 0. The molecule has 4 rings (SSSR count). The highest BCUT2D eigenvalue weighted by Gasteiger charge is 2.27. The summed E-state index contributed by atoms with van der Waals surface area (Å²) in [5, 5.41) is 3.22. The van der Waals surface area contributed by atoms with Gasteiger partial charge in [-0.3, -0.25) is 4.98 Å². The number of anilines is 2. The average Bonchev–Trinajstić information content (AvgIpc) is 3.39. The van der Waals surface area contributed by atoms with Gasteiger partial charge in [-0.1, -0.05) is 6.07 Å². The lowest BCUT2D eigenvalue weighted by Crippen LogP contribution is -2.32. The molecule has 0 amide bonds. The van der Waals surface area contributed by atoms with E-state index in [4.69, 9.17) is 0 Å². The summed E-state index contributed by atoms with van der Waals surface area (Å²) in [5.74, 6) is 1.72. The highest BCUT2D eigenvalue weighted by molar-refractivity contribution is 6.05. The molecule has 0 bridgehead atoms. The molecular formula is C18H20N4. The number of benzene rings is 1. The third-order valence-corrected chi connectivity index (χ3v) is 4.49. The highest BCUT2D eigenvalue weighted by Crippen LogP contribution is 2.43. The first-order chi connectivity index (χ1) is 10.8. The Labute approximate surface area is 130 Å². The van der Waals surface area contributed by atoms with Crippen LogP contribution in [0.15, 0.2) is 41.5 Å². The Balaban J connectivity index is 1.85. The van der Waals surface area contributed by atoms with E-state index in [0.29, 0.717) is 6.67 Å². The van der Waals surface area contributed by atoms with Crippen LogP contribution in [0.1, 0.15) is 35.6 Å². The number of pyridine rings is 1. The maximum Gasteiger partial charge on any atom is 0.132 e. The number of aliphatic imine (C=N–C) groups is 1. The van der Waals surface area contributed by atoms with Crippen molar-refractivity contribution in [3.63, 3.8) is 0 Å². The Hall–Kier alpha value is -2.36. The van der Waals surface area contributed by atoms with Crippen LogP contribution in [0.2, 0.25) is 0 Å². The number of nitrogens with one attached hydrogen (secondary N) is 1. The Bertz CT molecular complexity index is 747. The van der Waals surface area contributed by atoms with E-state index in [9.17, 15) is 0 Å². The molecule has 1 N–H and O–H groups in total. The first-order valence-corrected chi connectivity index (χ1v) is 7.83. The fourth-order valence-electron chi connectivity index (χ4n) is 3.13. The molecule has 1 saturated carbocycles. The normalized spacial score (nSPS) is 17.0. The Morgan fingerprint density at radius 1 is 1.18 bits per heavy atom. The molecule has 2 aromatic rings. The molecule has 1 aromatic carbocycles. The Morgan fingerprint density at radius 3 is 2.77 bits per heavy atom. The molecule has 1 aromatic heterocycles. The first-order valence-electron chi connectivity index (χ1n) is 7.83. The van der Waals surface area contributed by atoms with Crippen molar-refractivity contribution in [1.29, 1.82) is 0 Å². The first kappa shape index (κ1) is 13.3. The van der Waals surface area contributed by atoms with Gasteiger partial charge in [0.1, 0.15) is 12.5 Å². The van der Waals surface area contributed by atoms with Crippen molar-refractivity contribution in [1.82, 2.24) is 10.3 Å². The number of hydrogen-bond acceptors (Lipinski definition) is 4. The summed E-state index contributed by atoms with van der Waals surface area (Å²) in [7, 11) is 1.93. The predicted molar refractivity (Wildman–Crippen MR) is 90.0 cm³/mol. The molecule has 22 heavy (non-hydrogen) atoms. The Kier molecular flexibility index (Phi) is 3.10. The maximum atomic E-state index is 4.68. The van der Waals surface area contributed by atoms with Gasteiger partial charge in [-0.15, -0.1) is 0 Å². The molecule has 0 spiro atoms. The lowest BCUT2D eigenvalue weighted by molar-refractivity contribution is 0.924. The maximum absolute atomic E-state index is 4.68. The molecule has 2 aliphatic rings. The van der Waals surface area contributed by atoms with Crippen molar-refractivity contribution < 1.29 is 0 Å². The lowest BCUT2D eigenvalue weighted by Gasteiger charge is -2.31. The van der Waals surface area contributed by atoms with Crippen molar-refractivity contribution in [3.05, 3.63) is 53.3 Å². The zero-order chi connectivity index (χ0) is 15.1. The fraction of sp³-hybridized carbons (Fsp3) is 0.333. The molecule has 1 fully saturated rings. The third-order valence-electron chi connectivity index (χ3n) is 4.49. The van der Waals surface area contributed by atoms with Crippen LogP contribution in [0.5, 0.6) is 0 Å². The van der Waals surface area contributed by atoms with E-state index < -0.39 is 0 Å². The van der Waals surface area contributed by atoms with Gasteiger partial charge < -0.3 is 10.2 Å². The number of fused-ring (bicyclic) bond motifs is 1. The summed E-state index contributed by atoms with van der Waals surface area (Å²) in [4.78, 5) is 11.4. The molecular weight excluding hydrogens is 272 g/mol. The minimum Gasteiger partial charge on any atom is -0.373 e. The topological polar surface area (TPSA) is 40.5 Å². The quantitative estimate of drug-likeness (QED) is 0.923. The van der Waals surface area contributed by atoms with Crippen LogP contribution in [0.3, 0.4) is 0 Å². The lowest BCUT2D eigenvalue weighted by atomic mass is 10.0. The smallest absolute Gasteiger partial charge is 0.132 e. The summed E-state index contributed by atoms with van der Waals surface area (Å²) in [6.45, 7) is 2.68. The molecule has 0 unspecified atom stereocenters. The van der Waals surface area contributed by atoms with E-state index in [-0.39, 0.29) is 0 Å². The van der Waals surface area contributed by atoms with E-state index in [1.54, 1.807) is 0 Å². The number of aromatic nitrogens is 1.